The van der Waals surface area contributed by atoms with Crippen molar-refractivity contribution in [2.24, 2.45) is 7.05 Å². The first-order valence-corrected chi connectivity index (χ1v) is 11.0. The van der Waals surface area contributed by atoms with Crippen LogP contribution in [0.5, 0.6) is 17.4 Å². The molecule has 184 valence electrons. The number of nitrogens with zero attached hydrogens (tertiary/aromatic N) is 4. The maximum atomic E-state index is 15.0. The molecule has 1 aliphatic rings. The number of methoxy groups -OCH3 is 1. The van der Waals surface area contributed by atoms with Crippen molar-refractivity contribution in [2.45, 2.75) is 20.0 Å². The van der Waals surface area contributed by atoms with E-state index in [9.17, 15) is 13.6 Å². The van der Waals surface area contributed by atoms with Crippen molar-refractivity contribution in [3.63, 3.8) is 0 Å². The lowest BCUT2D eigenvalue weighted by atomic mass is 10.0. The van der Waals surface area contributed by atoms with Gasteiger partial charge in [-0.2, -0.15) is 9.49 Å². The van der Waals surface area contributed by atoms with Crippen LogP contribution in [0, 0.1) is 24.4 Å². The molecule has 3 heterocycles. The van der Waals surface area contributed by atoms with Crippen LogP contribution in [0.15, 0.2) is 48.8 Å². The Bertz CT molecular complexity index is 1500. The highest BCUT2D eigenvalue weighted by Crippen LogP contribution is 2.37. The molecule has 0 atom stereocenters. The number of fused-ring (bicyclic) bond motifs is 1. The van der Waals surface area contributed by atoms with Crippen molar-refractivity contribution < 1.29 is 27.4 Å². The molecule has 0 N–H and O–H groups in total. The summed E-state index contributed by atoms with van der Waals surface area (Å²) in [6, 6.07) is 8.56. The van der Waals surface area contributed by atoms with Gasteiger partial charge in [-0.05, 0) is 42.3 Å². The number of aryl methyl sites for hydroxylation is 2. The molecule has 0 fully saturated rings. The molecule has 7 nitrogen and oxygen atoms in total. The van der Waals surface area contributed by atoms with Crippen molar-refractivity contribution >= 4 is 5.91 Å². The van der Waals surface area contributed by atoms with Crippen molar-refractivity contribution in [3.05, 3.63) is 88.6 Å². The summed E-state index contributed by atoms with van der Waals surface area (Å²) >= 11 is 0. The van der Waals surface area contributed by atoms with Gasteiger partial charge < -0.3 is 14.4 Å². The fourth-order valence-electron chi connectivity index (χ4n) is 4.28. The van der Waals surface area contributed by atoms with Gasteiger partial charge in [-0.25, -0.2) is 13.8 Å². The molecule has 4 aromatic rings. The molecule has 0 radical (unpaired) electrons. The Hall–Kier alpha value is -4.34. The van der Waals surface area contributed by atoms with Gasteiger partial charge in [0.1, 0.15) is 11.4 Å². The fraction of sp³-hybridized carbons (Fsp3) is 0.192. The average molecular weight is 494 g/mol. The summed E-state index contributed by atoms with van der Waals surface area (Å²) in [5.74, 6) is -4.15. The first kappa shape index (κ1) is 23.4. The second-order valence-electron chi connectivity index (χ2n) is 8.41. The van der Waals surface area contributed by atoms with E-state index in [1.807, 2.05) is 13.1 Å². The summed E-state index contributed by atoms with van der Waals surface area (Å²) in [4.78, 5) is 18.7. The van der Waals surface area contributed by atoms with E-state index < -0.39 is 29.1 Å². The number of amides is 1. The molecule has 0 saturated heterocycles. The highest BCUT2D eigenvalue weighted by Gasteiger charge is 2.33. The van der Waals surface area contributed by atoms with Crippen molar-refractivity contribution in [1.29, 1.82) is 0 Å². The molecular weight excluding hydrogens is 473 g/mol. The third-order valence-corrected chi connectivity index (χ3v) is 6.04. The van der Waals surface area contributed by atoms with Gasteiger partial charge in [0.25, 0.3) is 5.91 Å². The number of rotatable bonds is 6. The second kappa shape index (κ2) is 9.03. The number of hydrogen-bond acceptors (Lipinski definition) is 5. The zero-order chi connectivity index (χ0) is 25.6. The minimum absolute atomic E-state index is 0.00697. The van der Waals surface area contributed by atoms with Crippen LogP contribution >= 0.6 is 0 Å². The van der Waals surface area contributed by atoms with Crippen LogP contribution in [0.25, 0.3) is 11.1 Å². The van der Waals surface area contributed by atoms with Crippen molar-refractivity contribution in [3.8, 4) is 28.5 Å². The topological polar surface area (TPSA) is 69.5 Å². The maximum Gasteiger partial charge on any atom is 0.260 e. The van der Waals surface area contributed by atoms with Gasteiger partial charge >= 0.3 is 0 Å². The monoisotopic (exact) mass is 494 g/mol. The van der Waals surface area contributed by atoms with Gasteiger partial charge in [-0.3, -0.25) is 9.48 Å². The largest absolute Gasteiger partial charge is 0.494 e. The SMILES string of the molecule is COc1ccc(F)c(Oc2nccc3c2C(=O)N(Cc2ccc(-c4cn(C)nc4C)cc2F)C3)c1F. The van der Waals surface area contributed by atoms with E-state index in [4.69, 9.17) is 9.47 Å². The number of benzene rings is 2. The van der Waals surface area contributed by atoms with Crippen LogP contribution in [0.4, 0.5) is 13.2 Å². The first-order chi connectivity index (χ1) is 17.3. The molecule has 0 unspecified atom stereocenters. The predicted molar refractivity (Wildman–Crippen MR) is 124 cm³/mol. The minimum Gasteiger partial charge on any atom is -0.494 e. The molecule has 0 aliphatic carbocycles. The number of pyridine rings is 1. The molecule has 0 spiro atoms. The van der Waals surface area contributed by atoms with Crippen LogP contribution in [0.3, 0.4) is 0 Å². The normalized spacial score (nSPS) is 12.7. The van der Waals surface area contributed by atoms with Crippen LogP contribution in [-0.4, -0.2) is 32.7 Å². The fourth-order valence-corrected chi connectivity index (χ4v) is 4.28. The van der Waals surface area contributed by atoms with E-state index in [0.29, 0.717) is 16.7 Å². The van der Waals surface area contributed by atoms with E-state index in [2.05, 4.69) is 10.1 Å². The molecule has 10 heteroatoms. The van der Waals surface area contributed by atoms with Crippen LogP contribution in [0.2, 0.25) is 0 Å². The van der Waals surface area contributed by atoms with Gasteiger partial charge in [0.05, 0.1) is 12.8 Å². The van der Waals surface area contributed by atoms with E-state index in [1.165, 1.54) is 24.3 Å². The Morgan fingerprint density at radius 1 is 1.08 bits per heavy atom. The molecule has 1 aliphatic heterocycles. The lowest BCUT2D eigenvalue weighted by molar-refractivity contribution is 0.0762. The Kier molecular flexibility index (Phi) is 5.87. The van der Waals surface area contributed by atoms with Gasteiger partial charge in [0.2, 0.25) is 17.4 Å². The quantitative estimate of drug-likeness (QED) is 0.370. The Balaban J connectivity index is 1.40. The van der Waals surface area contributed by atoms with Crippen molar-refractivity contribution in [2.75, 3.05) is 7.11 Å². The molecule has 0 saturated carbocycles. The van der Waals surface area contributed by atoms with Gasteiger partial charge in [0.15, 0.2) is 11.6 Å². The summed E-state index contributed by atoms with van der Waals surface area (Å²) in [7, 11) is 3.03. The van der Waals surface area contributed by atoms with Crippen molar-refractivity contribution in [1.82, 2.24) is 19.7 Å². The van der Waals surface area contributed by atoms with E-state index >= 15 is 4.39 Å². The number of aromatic nitrogens is 3. The van der Waals surface area contributed by atoms with E-state index in [0.717, 1.165) is 23.4 Å². The number of hydrogen-bond donors (Lipinski definition) is 0. The standard InChI is InChI=1S/C26H21F3N4O3/c1-14-18(13-32(2)31-14)15-4-5-16(20(28)10-15)11-33-12-17-8-9-30-25(22(17)26(33)34)36-24-19(27)6-7-21(35-3)23(24)29/h4-10,13H,11-12H2,1-3H3. The van der Waals surface area contributed by atoms with Crippen LogP contribution < -0.4 is 9.47 Å². The summed E-state index contributed by atoms with van der Waals surface area (Å²) in [6.45, 7) is 2.00. The average Bonchev–Trinajstić information content (AvgIpc) is 3.36. The third-order valence-electron chi connectivity index (χ3n) is 6.04. The summed E-state index contributed by atoms with van der Waals surface area (Å²) in [6.07, 6.45) is 3.19. The Morgan fingerprint density at radius 2 is 1.89 bits per heavy atom. The molecule has 2 aromatic carbocycles. The number of carbonyl (C=O) groups excluding carboxylic acids is 1. The molecule has 5 rings (SSSR count). The van der Waals surface area contributed by atoms with Gasteiger partial charge in [-0.1, -0.05) is 12.1 Å². The van der Waals surface area contributed by atoms with E-state index in [1.54, 1.807) is 29.9 Å². The van der Waals surface area contributed by atoms with Gasteiger partial charge in [0, 0.05) is 43.7 Å². The highest BCUT2D eigenvalue weighted by atomic mass is 19.1. The third kappa shape index (κ3) is 4.04. The van der Waals surface area contributed by atoms with E-state index in [-0.39, 0.29) is 30.3 Å². The molecule has 1 amide bonds. The predicted octanol–water partition coefficient (Wildman–Crippen LogP) is 5.16. The number of halogens is 3. The molecule has 2 aromatic heterocycles. The molecule has 0 bridgehead atoms. The lowest BCUT2D eigenvalue weighted by Crippen LogP contribution is -2.24. The molecular formula is C26H21F3N4O3. The minimum atomic E-state index is -1.05. The zero-order valence-corrected chi connectivity index (χ0v) is 19.7. The zero-order valence-electron chi connectivity index (χ0n) is 19.7. The smallest absolute Gasteiger partial charge is 0.260 e. The van der Waals surface area contributed by atoms with Crippen LogP contribution in [0.1, 0.15) is 27.2 Å². The number of carbonyl (C=O) groups is 1. The van der Waals surface area contributed by atoms with Gasteiger partial charge in [-0.15, -0.1) is 0 Å². The molecule has 36 heavy (non-hydrogen) atoms. The Morgan fingerprint density at radius 3 is 2.58 bits per heavy atom. The second-order valence-corrected chi connectivity index (χ2v) is 8.41. The highest BCUT2D eigenvalue weighted by molar-refractivity contribution is 6.00. The lowest BCUT2D eigenvalue weighted by Gasteiger charge is -2.17. The Labute approximate surface area is 204 Å². The summed E-state index contributed by atoms with van der Waals surface area (Å²) in [5, 5.41) is 4.28. The summed E-state index contributed by atoms with van der Waals surface area (Å²) in [5.41, 5.74) is 3.22. The first-order valence-electron chi connectivity index (χ1n) is 11.0. The number of ether oxygens (including phenoxy) is 2. The summed E-state index contributed by atoms with van der Waals surface area (Å²) < 4.78 is 55.9. The van der Waals surface area contributed by atoms with Crippen LogP contribution in [-0.2, 0) is 20.1 Å². The maximum absolute atomic E-state index is 15.0.